The highest BCUT2D eigenvalue weighted by Gasteiger charge is 2.21. The molecule has 0 fully saturated rings. The molecule has 1 heterocycles. The first-order chi connectivity index (χ1) is 10.9. The second kappa shape index (κ2) is 7.26. The maximum atomic E-state index is 12.0. The molecule has 1 aromatic carbocycles. The number of nitrogens with one attached hydrogen (secondary N) is 2. The van der Waals surface area contributed by atoms with Crippen LogP contribution in [0.25, 0.3) is 0 Å². The first-order valence-electron chi connectivity index (χ1n) is 7.81. The Hall–Kier alpha value is -2.37. The molecule has 2 N–H and O–H groups in total. The first kappa shape index (κ1) is 17.0. The Balaban J connectivity index is 1.82. The topological polar surface area (TPSA) is 71.8 Å². The standard InChI is InChI=1S/C17H25N5O/c1-13-5-7-15(8-6-13)17(3,4)10-19-16(23)21-14(2)9-22-12-18-11-20-22/h5-8,11-12,14H,9-10H2,1-4H3,(H2,19,21,23)/t14-/m0/s1. The highest BCUT2D eigenvalue weighted by atomic mass is 16.2. The molecule has 2 amide bonds. The van der Waals surface area contributed by atoms with Gasteiger partial charge in [0, 0.05) is 18.0 Å². The van der Waals surface area contributed by atoms with Gasteiger partial charge in [-0.3, -0.25) is 4.68 Å². The van der Waals surface area contributed by atoms with Gasteiger partial charge < -0.3 is 10.6 Å². The Morgan fingerprint density at radius 3 is 2.61 bits per heavy atom. The van der Waals surface area contributed by atoms with E-state index in [0.717, 1.165) is 0 Å². The van der Waals surface area contributed by atoms with Crippen LogP contribution in [0.15, 0.2) is 36.9 Å². The van der Waals surface area contributed by atoms with Gasteiger partial charge in [0.05, 0.1) is 6.54 Å². The van der Waals surface area contributed by atoms with Crippen molar-refractivity contribution in [1.82, 2.24) is 25.4 Å². The van der Waals surface area contributed by atoms with Crippen LogP contribution in [0, 0.1) is 6.92 Å². The molecular formula is C17H25N5O. The number of hydrogen-bond acceptors (Lipinski definition) is 3. The number of carbonyl (C=O) groups is 1. The Morgan fingerprint density at radius 1 is 1.30 bits per heavy atom. The Kier molecular flexibility index (Phi) is 5.36. The molecule has 23 heavy (non-hydrogen) atoms. The van der Waals surface area contributed by atoms with Crippen molar-refractivity contribution < 1.29 is 4.79 Å². The quantitative estimate of drug-likeness (QED) is 0.859. The summed E-state index contributed by atoms with van der Waals surface area (Å²) in [4.78, 5) is 15.9. The van der Waals surface area contributed by atoms with Crippen molar-refractivity contribution in [1.29, 1.82) is 0 Å². The fourth-order valence-electron chi connectivity index (χ4n) is 2.34. The van der Waals surface area contributed by atoms with E-state index in [-0.39, 0.29) is 17.5 Å². The second-order valence-corrected chi connectivity index (χ2v) is 6.60. The summed E-state index contributed by atoms with van der Waals surface area (Å²) >= 11 is 0. The highest BCUT2D eigenvalue weighted by Crippen LogP contribution is 2.22. The van der Waals surface area contributed by atoms with Gasteiger partial charge in [-0.05, 0) is 19.4 Å². The molecule has 0 aliphatic rings. The predicted molar refractivity (Wildman–Crippen MR) is 90.2 cm³/mol. The number of hydrogen-bond donors (Lipinski definition) is 2. The normalized spacial score (nSPS) is 12.7. The lowest BCUT2D eigenvalue weighted by atomic mass is 9.84. The average Bonchev–Trinajstić information content (AvgIpc) is 2.98. The number of urea groups is 1. The predicted octanol–water partition coefficient (Wildman–Crippen LogP) is 2.25. The average molecular weight is 315 g/mol. The lowest BCUT2D eigenvalue weighted by Gasteiger charge is -2.26. The van der Waals surface area contributed by atoms with E-state index in [1.54, 1.807) is 11.0 Å². The zero-order valence-corrected chi connectivity index (χ0v) is 14.2. The van der Waals surface area contributed by atoms with Crippen molar-refractivity contribution in [3.8, 4) is 0 Å². The molecule has 6 nitrogen and oxygen atoms in total. The second-order valence-electron chi connectivity index (χ2n) is 6.60. The molecule has 1 aromatic heterocycles. The van der Waals surface area contributed by atoms with Crippen molar-refractivity contribution in [2.45, 2.75) is 45.7 Å². The number of benzene rings is 1. The van der Waals surface area contributed by atoms with E-state index < -0.39 is 0 Å². The van der Waals surface area contributed by atoms with Gasteiger partial charge in [0.15, 0.2) is 0 Å². The number of aromatic nitrogens is 3. The van der Waals surface area contributed by atoms with Gasteiger partial charge >= 0.3 is 6.03 Å². The molecule has 124 valence electrons. The van der Waals surface area contributed by atoms with Crippen molar-refractivity contribution in [3.63, 3.8) is 0 Å². The zero-order chi connectivity index (χ0) is 16.9. The maximum Gasteiger partial charge on any atom is 0.315 e. The number of rotatable bonds is 6. The van der Waals surface area contributed by atoms with Gasteiger partial charge in [0.2, 0.25) is 0 Å². The van der Waals surface area contributed by atoms with Crippen molar-refractivity contribution in [2.24, 2.45) is 0 Å². The molecule has 0 spiro atoms. The van der Waals surface area contributed by atoms with Gasteiger partial charge in [-0.15, -0.1) is 0 Å². The number of aryl methyl sites for hydroxylation is 1. The van der Waals surface area contributed by atoms with Crippen LogP contribution in [-0.4, -0.2) is 33.4 Å². The maximum absolute atomic E-state index is 12.0. The molecular weight excluding hydrogens is 290 g/mol. The van der Waals surface area contributed by atoms with Crippen molar-refractivity contribution in [3.05, 3.63) is 48.0 Å². The zero-order valence-electron chi connectivity index (χ0n) is 14.2. The van der Waals surface area contributed by atoms with Crippen LogP contribution in [0.5, 0.6) is 0 Å². The Labute approximate surface area is 137 Å². The molecule has 6 heteroatoms. The molecule has 0 aliphatic heterocycles. The third-order valence-electron chi connectivity index (χ3n) is 3.83. The minimum absolute atomic E-state index is 0.0285. The van der Waals surface area contributed by atoms with Gasteiger partial charge in [0.25, 0.3) is 0 Å². The number of carbonyl (C=O) groups excluding carboxylic acids is 1. The van der Waals surface area contributed by atoms with Crippen LogP contribution in [0.4, 0.5) is 4.79 Å². The van der Waals surface area contributed by atoms with Gasteiger partial charge in [-0.1, -0.05) is 43.7 Å². The smallest absolute Gasteiger partial charge is 0.315 e. The molecule has 0 aliphatic carbocycles. The van der Waals surface area contributed by atoms with E-state index in [2.05, 4.69) is 65.8 Å². The van der Waals surface area contributed by atoms with E-state index in [0.29, 0.717) is 13.1 Å². The minimum atomic E-state index is -0.169. The summed E-state index contributed by atoms with van der Waals surface area (Å²) in [6.45, 7) is 9.41. The van der Waals surface area contributed by atoms with E-state index in [4.69, 9.17) is 0 Å². The van der Waals surface area contributed by atoms with E-state index in [1.807, 2.05) is 6.92 Å². The molecule has 0 unspecified atom stereocenters. The molecule has 0 radical (unpaired) electrons. The summed E-state index contributed by atoms with van der Waals surface area (Å²) in [5.74, 6) is 0. The van der Waals surface area contributed by atoms with E-state index in [9.17, 15) is 4.79 Å². The SMILES string of the molecule is Cc1ccc(C(C)(C)CNC(=O)N[C@@H](C)Cn2cncn2)cc1. The molecule has 2 aromatic rings. The molecule has 1 atom stereocenters. The van der Waals surface area contributed by atoms with Crippen LogP contribution >= 0.6 is 0 Å². The van der Waals surface area contributed by atoms with Gasteiger partial charge in [0.1, 0.15) is 12.7 Å². The monoisotopic (exact) mass is 315 g/mol. The van der Waals surface area contributed by atoms with Gasteiger partial charge in [-0.2, -0.15) is 5.10 Å². The molecule has 0 bridgehead atoms. The minimum Gasteiger partial charge on any atom is -0.337 e. The fraction of sp³-hybridized carbons (Fsp3) is 0.471. The van der Waals surface area contributed by atoms with Crippen LogP contribution in [0.3, 0.4) is 0 Å². The number of amides is 2. The summed E-state index contributed by atoms with van der Waals surface area (Å²) in [7, 11) is 0. The lowest BCUT2D eigenvalue weighted by molar-refractivity contribution is 0.233. The lowest BCUT2D eigenvalue weighted by Crippen LogP contribution is -2.46. The first-order valence-corrected chi connectivity index (χ1v) is 7.81. The van der Waals surface area contributed by atoms with Gasteiger partial charge in [-0.25, -0.2) is 9.78 Å². The summed E-state index contributed by atoms with van der Waals surface area (Å²) in [6, 6.07) is 8.22. The van der Waals surface area contributed by atoms with Crippen LogP contribution < -0.4 is 10.6 Å². The van der Waals surface area contributed by atoms with Crippen molar-refractivity contribution >= 4 is 6.03 Å². The Morgan fingerprint density at radius 2 is 2.00 bits per heavy atom. The fourth-order valence-corrected chi connectivity index (χ4v) is 2.34. The molecule has 0 saturated carbocycles. The van der Waals surface area contributed by atoms with E-state index >= 15 is 0 Å². The van der Waals surface area contributed by atoms with Crippen molar-refractivity contribution in [2.75, 3.05) is 6.54 Å². The summed E-state index contributed by atoms with van der Waals surface area (Å²) in [5.41, 5.74) is 2.32. The molecule has 2 rings (SSSR count). The summed E-state index contributed by atoms with van der Waals surface area (Å²) in [5, 5.41) is 9.89. The number of nitrogens with zero attached hydrogens (tertiary/aromatic N) is 3. The highest BCUT2D eigenvalue weighted by molar-refractivity contribution is 5.74. The van der Waals surface area contributed by atoms with Crippen LogP contribution in [0.2, 0.25) is 0 Å². The van der Waals surface area contributed by atoms with E-state index in [1.165, 1.54) is 17.5 Å². The molecule has 0 saturated heterocycles. The summed E-state index contributed by atoms with van der Waals surface area (Å²) in [6.07, 6.45) is 3.12. The van der Waals surface area contributed by atoms with Crippen LogP contribution in [-0.2, 0) is 12.0 Å². The third kappa shape index (κ3) is 5.09. The third-order valence-corrected chi connectivity index (χ3v) is 3.83. The van der Waals surface area contributed by atoms with Crippen LogP contribution in [0.1, 0.15) is 31.9 Å². The largest absolute Gasteiger partial charge is 0.337 e. The summed E-state index contributed by atoms with van der Waals surface area (Å²) < 4.78 is 1.70. The Bertz CT molecular complexity index is 619.